The number of rotatable bonds is 6. The van der Waals surface area contributed by atoms with E-state index >= 15 is 0 Å². The number of hydrogen-bond acceptors (Lipinski definition) is 4. The fourth-order valence-corrected chi connectivity index (χ4v) is 3.56. The summed E-state index contributed by atoms with van der Waals surface area (Å²) in [7, 11) is 0. The van der Waals surface area contributed by atoms with Gasteiger partial charge in [0.15, 0.2) is 0 Å². The number of aromatic nitrogens is 1. The van der Waals surface area contributed by atoms with E-state index in [0.717, 1.165) is 16.7 Å². The van der Waals surface area contributed by atoms with Crippen molar-refractivity contribution in [2.75, 3.05) is 0 Å². The van der Waals surface area contributed by atoms with Crippen molar-refractivity contribution in [2.45, 2.75) is 33.0 Å². The minimum Gasteiger partial charge on any atom is -0.489 e. The van der Waals surface area contributed by atoms with Gasteiger partial charge in [0.25, 0.3) is 5.91 Å². The van der Waals surface area contributed by atoms with E-state index < -0.39 is 6.36 Å². The van der Waals surface area contributed by atoms with E-state index in [1.807, 2.05) is 31.2 Å². The Balaban J connectivity index is 1.44. The molecule has 1 aromatic heterocycles. The molecule has 0 atom stereocenters. The van der Waals surface area contributed by atoms with Gasteiger partial charge in [0.05, 0.1) is 0 Å². The number of fused-ring (bicyclic) bond motifs is 1. The Morgan fingerprint density at radius 3 is 2.39 bits per heavy atom. The summed E-state index contributed by atoms with van der Waals surface area (Å²) in [6.07, 6.45) is -1.33. The van der Waals surface area contributed by atoms with Gasteiger partial charge in [-0.1, -0.05) is 12.1 Å². The second kappa shape index (κ2) is 8.29. The third kappa shape index (κ3) is 4.96. The van der Waals surface area contributed by atoms with Crippen LogP contribution in [0.5, 0.6) is 11.5 Å². The molecule has 0 fully saturated rings. The Morgan fingerprint density at radius 1 is 1.00 bits per heavy atom. The molecule has 1 amide bonds. The molecule has 4 rings (SSSR count). The Labute approximate surface area is 177 Å². The van der Waals surface area contributed by atoms with Gasteiger partial charge in [0, 0.05) is 31.0 Å². The van der Waals surface area contributed by atoms with Crippen LogP contribution >= 0.6 is 0 Å². The van der Waals surface area contributed by atoms with Crippen molar-refractivity contribution in [3.63, 3.8) is 0 Å². The van der Waals surface area contributed by atoms with Crippen LogP contribution in [-0.2, 0) is 19.7 Å². The van der Waals surface area contributed by atoms with Crippen LogP contribution in [0.3, 0.4) is 0 Å². The number of halogens is 3. The average Bonchev–Trinajstić information content (AvgIpc) is 3.03. The molecule has 1 aliphatic rings. The van der Waals surface area contributed by atoms with Gasteiger partial charge in [-0.25, -0.2) is 0 Å². The van der Waals surface area contributed by atoms with Gasteiger partial charge in [-0.15, -0.1) is 13.2 Å². The second-order valence-corrected chi connectivity index (χ2v) is 7.27. The molecule has 0 spiro atoms. The van der Waals surface area contributed by atoms with E-state index in [1.165, 1.54) is 24.3 Å². The predicted octanol–water partition coefficient (Wildman–Crippen LogP) is 5.02. The predicted molar refractivity (Wildman–Crippen MR) is 106 cm³/mol. The first kappa shape index (κ1) is 20.7. The van der Waals surface area contributed by atoms with Crippen LogP contribution in [-0.4, -0.2) is 22.2 Å². The summed E-state index contributed by atoms with van der Waals surface area (Å²) in [4.78, 5) is 18.5. The summed E-state index contributed by atoms with van der Waals surface area (Å²) < 4.78 is 46.7. The number of alkyl halides is 3. The van der Waals surface area contributed by atoms with E-state index in [-0.39, 0.29) is 18.2 Å². The van der Waals surface area contributed by atoms with Gasteiger partial charge in [-0.3, -0.25) is 9.78 Å². The van der Waals surface area contributed by atoms with Crippen molar-refractivity contribution < 1.29 is 27.4 Å². The van der Waals surface area contributed by atoms with Crippen LogP contribution in [0.15, 0.2) is 60.9 Å². The molecule has 0 unspecified atom stereocenters. The van der Waals surface area contributed by atoms with Crippen molar-refractivity contribution in [1.82, 2.24) is 9.88 Å². The highest BCUT2D eigenvalue weighted by Gasteiger charge is 2.32. The molecule has 5 nitrogen and oxygen atoms in total. The molecule has 2 heterocycles. The zero-order chi connectivity index (χ0) is 22.0. The number of hydrogen-bond donors (Lipinski definition) is 0. The number of ether oxygens (including phenoxy) is 2. The highest BCUT2D eigenvalue weighted by molar-refractivity contribution is 6.00. The van der Waals surface area contributed by atoms with Crippen LogP contribution in [0.4, 0.5) is 13.2 Å². The van der Waals surface area contributed by atoms with E-state index in [2.05, 4.69) is 9.72 Å². The van der Waals surface area contributed by atoms with Gasteiger partial charge in [0.1, 0.15) is 18.1 Å². The summed E-state index contributed by atoms with van der Waals surface area (Å²) in [6.45, 7) is 2.95. The number of pyridine rings is 1. The molecular weight excluding hydrogens is 409 g/mol. The second-order valence-electron chi connectivity index (χ2n) is 7.27. The summed E-state index contributed by atoms with van der Waals surface area (Å²) in [5.41, 5.74) is 4.04. The van der Waals surface area contributed by atoms with Gasteiger partial charge < -0.3 is 14.4 Å². The molecule has 0 N–H and O–H groups in total. The third-order valence-electron chi connectivity index (χ3n) is 4.94. The minimum atomic E-state index is -4.73. The van der Waals surface area contributed by atoms with Crippen LogP contribution in [0, 0.1) is 6.92 Å². The Morgan fingerprint density at radius 2 is 1.71 bits per heavy atom. The van der Waals surface area contributed by atoms with E-state index in [1.54, 1.807) is 17.3 Å². The lowest BCUT2D eigenvalue weighted by atomic mass is 10.0. The van der Waals surface area contributed by atoms with E-state index in [9.17, 15) is 18.0 Å². The van der Waals surface area contributed by atoms with Gasteiger partial charge >= 0.3 is 6.36 Å². The van der Waals surface area contributed by atoms with Gasteiger partial charge in [-0.2, -0.15) is 0 Å². The lowest BCUT2D eigenvalue weighted by Crippen LogP contribution is -2.23. The molecule has 3 aromatic rings. The first-order chi connectivity index (χ1) is 14.8. The Bertz CT molecular complexity index is 1080. The fourth-order valence-electron chi connectivity index (χ4n) is 3.56. The third-order valence-corrected chi connectivity index (χ3v) is 4.94. The van der Waals surface area contributed by atoms with E-state index in [0.29, 0.717) is 30.0 Å². The average molecular weight is 428 g/mol. The maximum Gasteiger partial charge on any atom is 0.573 e. The van der Waals surface area contributed by atoms with Crippen molar-refractivity contribution in [2.24, 2.45) is 0 Å². The number of benzene rings is 2. The standard InChI is InChI=1S/C23H19F3N2O3/c1-15-10-20(30-14-17-6-8-27-9-7-17)11-18-13-28(22(29)21(15)18)12-16-2-4-19(5-3-16)31-23(24,25)26/h2-11H,12-14H2,1H3. The first-order valence-electron chi connectivity index (χ1n) is 9.58. The van der Waals surface area contributed by atoms with Gasteiger partial charge in [0.2, 0.25) is 0 Å². The molecule has 160 valence electrons. The van der Waals surface area contributed by atoms with Crippen LogP contribution < -0.4 is 9.47 Å². The number of aryl methyl sites for hydroxylation is 1. The molecule has 2 aromatic carbocycles. The number of nitrogens with zero attached hydrogens (tertiary/aromatic N) is 2. The smallest absolute Gasteiger partial charge is 0.489 e. The summed E-state index contributed by atoms with van der Waals surface area (Å²) in [6, 6.07) is 13.0. The molecule has 0 saturated heterocycles. The maximum atomic E-state index is 12.9. The number of carbonyl (C=O) groups is 1. The SMILES string of the molecule is Cc1cc(OCc2ccncc2)cc2c1C(=O)N(Cc1ccc(OC(F)(F)F)cc1)C2. The van der Waals surface area contributed by atoms with Crippen LogP contribution in [0.25, 0.3) is 0 Å². The summed E-state index contributed by atoms with van der Waals surface area (Å²) in [5.74, 6) is 0.277. The Hall–Kier alpha value is -3.55. The molecule has 0 aliphatic carbocycles. The molecule has 0 saturated carbocycles. The highest BCUT2D eigenvalue weighted by atomic mass is 19.4. The monoisotopic (exact) mass is 428 g/mol. The quantitative estimate of drug-likeness (QED) is 0.553. The first-order valence-corrected chi connectivity index (χ1v) is 9.58. The van der Waals surface area contributed by atoms with Crippen LogP contribution in [0.1, 0.15) is 32.6 Å². The number of carbonyl (C=O) groups excluding carboxylic acids is 1. The zero-order valence-corrected chi connectivity index (χ0v) is 16.6. The topological polar surface area (TPSA) is 51.7 Å². The Kier molecular flexibility index (Phi) is 5.54. The van der Waals surface area contributed by atoms with Crippen molar-refractivity contribution in [3.8, 4) is 11.5 Å². The van der Waals surface area contributed by atoms with Crippen LogP contribution in [0.2, 0.25) is 0 Å². The summed E-state index contributed by atoms with van der Waals surface area (Å²) in [5, 5.41) is 0. The normalized spacial score (nSPS) is 13.3. The maximum absolute atomic E-state index is 12.9. The van der Waals surface area contributed by atoms with Crippen molar-refractivity contribution in [3.05, 3.63) is 88.7 Å². The molecular formula is C23H19F3N2O3. The molecule has 1 aliphatic heterocycles. The fraction of sp³-hybridized carbons (Fsp3) is 0.217. The van der Waals surface area contributed by atoms with Crippen molar-refractivity contribution >= 4 is 5.91 Å². The van der Waals surface area contributed by atoms with E-state index in [4.69, 9.17) is 4.74 Å². The van der Waals surface area contributed by atoms with Gasteiger partial charge in [-0.05, 0) is 65.6 Å². The largest absolute Gasteiger partial charge is 0.573 e. The lowest BCUT2D eigenvalue weighted by molar-refractivity contribution is -0.274. The highest BCUT2D eigenvalue weighted by Crippen LogP contribution is 2.32. The molecule has 0 bridgehead atoms. The molecule has 8 heteroatoms. The summed E-state index contributed by atoms with van der Waals surface area (Å²) >= 11 is 0. The minimum absolute atomic E-state index is 0.108. The van der Waals surface area contributed by atoms with Crippen molar-refractivity contribution in [1.29, 1.82) is 0 Å². The zero-order valence-electron chi connectivity index (χ0n) is 16.6. The molecule has 31 heavy (non-hydrogen) atoms. The lowest BCUT2D eigenvalue weighted by Gasteiger charge is -2.16. The number of amides is 1. The molecule has 0 radical (unpaired) electrons.